The first-order valence-corrected chi connectivity index (χ1v) is 4.32. The second kappa shape index (κ2) is 2.77. The van der Waals surface area contributed by atoms with Crippen LogP contribution in [0.5, 0.6) is 0 Å². The Kier molecular flexibility index (Phi) is 2.18. The van der Waals surface area contributed by atoms with Crippen molar-refractivity contribution in [1.29, 1.82) is 0 Å². The number of rotatable bonds is 1. The van der Waals surface area contributed by atoms with Crippen molar-refractivity contribution in [2.75, 3.05) is 0 Å². The summed E-state index contributed by atoms with van der Waals surface area (Å²) in [7, 11) is 0. The van der Waals surface area contributed by atoms with Gasteiger partial charge in [-0.3, -0.25) is 0 Å². The lowest BCUT2D eigenvalue weighted by molar-refractivity contribution is 0.591. The minimum absolute atomic E-state index is 0.775. The summed E-state index contributed by atoms with van der Waals surface area (Å²) in [6, 6.07) is 0. The molecule has 0 amide bonds. The molecule has 0 heteroatoms. The maximum atomic E-state index is 2.35. The molecule has 0 saturated carbocycles. The minimum Gasteiger partial charge on any atom is -0.0736 e. The van der Waals surface area contributed by atoms with E-state index in [2.05, 4.69) is 27.7 Å². The highest BCUT2D eigenvalue weighted by molar-refractivity contribution is 5.21. The molecule has 0 aromatic carbocycles. The van der Waals surface area contributed by atoms with Crippen molar-refractivity contribution in [1.82, 2.24) is 0 Å². The summed E-state index contributed by atoms with van der Waals surface area (Å²) in [5.41, 5.74) is 3.38. The van der Waals surface area contributed by atoms with Crippen LogP contribution in [0.1, 0.15) is 40.5 Å². The highest BCUT2D eigenvalue weighted by Gasteiger charge is 2.20. The van der Waals surface area contributed by atoms with Crippen LogP contribution in [0, 0.1) is 11.8 Å². The Labute approximate surface area is 64.3 Å². The van der Waals surface area contributed by atoms with Crippen LogP contribution in [0.25, 0.3) is 0 Å². The van der Waals surface area contributed by atoms with E-state index in [4.69, 9.17) is 0 Å². The van der Waals surface area contributed by atoms with Gasteiger partial charge in [0.25, 0.3) is 0 Å². The maximum absolute atomic E-state index is 2.35. The van der Waals surface area contributed by atoms with E-state index in [1.54, 1.807) is 11.1 Å². The summed E-state index contributed by atoms with van der Waals surface area (Å²) >= 11 is 0. The van der Waals surface area contributed by atoms with Gasteiger partial charge in [0, 0.05) is 0 Å². The van der Waals surface area contributed by atoms with Gasteiger partial charge < -0.3 is 0 Å². The molecule has 0 heterocycles. The van der Waals surface area contributed by atoms with Gasteiger partial charge in [0.1, 0.15) is 0 Å². The van der Waals surface area contributed by atoms with E-state index in [0.29, 0.717) is 0 Å². The molecule has 0 N–H and O–H groups in total. The van der Waals surface area contributed by atoms with Gasteiger partial charge in [-0.2, -0.15) is 0 Å². The van der Waals surface area contributed by atoms with Gasteiger partial charge >= 0.3 is 0 Å². The molecule has 0 spiro atoms. The van der Waals surface area contributed by atoms with Crippen LogP contribution in [-0.2, 0) is 0 Å². The quantitative estimate of drug-likeness (QED) is 0.487. The summed E-state index contributed by atoms with van der Waals surface area (Å²) in [6.45, 7) is 9.26. The molecule has 10 heavy (non-hydrogen) atoms. The molecule has 58 valence electrons. The first-order chi connectivity index (χ1) is 4.63. The second-order valence-electron chi connectivity index (χ2n) is 3.83. The molecule has 0 unspecified atom stereocenters. The fourth-order valence-electron chi connectivity index (χ4n) is 2.22. The summed E-state index contributed by atoms with van der Waals surface area (Å²) in [4.78, 5) is 0. The first kappa shape index (κ1) is 7.84. The van der Waals surface area contributed by atoms with Gasteiger partial charge in [0.2, 0.25) is 0 Å². The van der Waals surface area contributed by atoms with Crippen LogP contribution < -0.4 is 0 Å². The van der Waals surface area contributed by atoms with Crippen LogP contribution in [0.4, 0.5) is 0 Å². The normalized spacial score (nSPS) is 26.7. The lowest BCUT2D eigenvalue weighted by atomic mass is 9.93. The number of allylic oxidation sites excluding steroid dienone is 2. The second-order valence-corrected chi connectivity index (χ2v) is 3.83. The summed E-state index contributed by atoms with van der Waals surface area (Å²) < 4.78 is 0. The molecule has 0 bridgehead atoms. The number of hydrogen-bond donors (Lipinski definition) is 0. The van der Waals surface area contributed by atoms with Crippen LogP contribution in [0.15, 0.2) is 11.1 Å². The van der Waals surface area contributed by atoms with Crippen LogP contribution in [0.2, 0.25) is 0 Å². The third-order valence-corrected chi connectivity index (χ3v) is 2.60. The fourth-order valence-corrected chi connectivity index (χ4v) is 2.22. The van der Waals surface area contributed by atoms with Gasteiger partial charge in [0.15, 0.2) is 0 Å². The predicted octanol–water partition coefficient (Wildman–Crippen LogP) is 3.39. The maximum Gasteiger partial charge on any atom is -0.0223 e. The van der Waals surface area contributed by atoms with Crippen molar-refractivity contribution in [2.24, 2.45) is 11.8 Å². The monoisotopic (exact) mass is 138 g/mol. The van der Waals surface area contributed by atoms with Gasteiger partial charge in [-0.15, -0.1) is 0 Å². The van der Waals surface area contributed by atoms with E-state index >= 15 is 0 Å². The highest BCUT2D eigenvalue weighted by Crippen LogP contribution is 2.35. The van der Waals surface area contributed by atoms with Crippen molar-refractivity contribution in [3.05, 3.63) is 11.1 Å². The van der Waals surface area contributed by atoms with E-state index in [1.165, 1.54) is 12.8 Å². The molecule has 1 rings (SSSR count). The molecule has 0 radical (unpaired) electrons. The predicted molar refractivity (Wildman–Crippen MR) is 45.9 cm³/mol. The minimum atomic E-state index is 0.775. The molecular formula is C10H18. The van der Waals surface area contributed by atoms with E-state index in [1.807, 2.05) is 0 Å². The summed E-state index contributed by atoms with van der Waals surface area (Å²) in [6.07, 6.45) is 2.73. The van der Waals surface area contributed by atoms with Crippen molar-refractivity contribution in [3.8, 4) is 0 Å². The van der Waals surface area contributed by atoms with Crippen LogP contribution >= 0.6 is 0 Å². The Morgan fingerprint density at radius 1 is 1.40 bits per heavy atom. The Hall–Kier alpha value is -0.260. The van der Waals surface area contributed by atoms with Gasteiger partial charge in [-0.05, 0) is 31.6 Å². The lowest BCUT2D eigenvalue weighted by Crippen LogP contribution is -2.00. The molecule has 1 atom stereocenters. The van der Waals surface area contributed by atoms with Gasteiger partial charge in [-0.1, -0.05) is 31.9 Å². The Bertz CT molecular complexity index is 151. The lowest BCUT2D eigenvalue weighted by Gasteiger charge is -2.13. The largest absolute Gasteiger partial charge is 0.0736 e. The first-order valence-electron chi connectivity index (χ1n) is 4.32. The van der Waals surface area contributed by atoms with E-state index in [-0.39, 0.29) is 0 Å². The molecular weight excluding hydrogens is 120 g/mol. The Morgan fingerprint density at radius 3 is 2.20 bits per heavy atom. The molecule has 1 aliphatic carbocycles. The molecule has 0 nitrogen and oxygen atoms in total. The van der Waals surface area contributed by atoms with Crippen LogP contribution in [-0.4, -0.2) is 0 Å². The standard InChI is InChI=1S/C10H18/c1-7(2)10-8(3)5-6-9(10)4/h7-8H,5-6H2,1-4H3/t8-/m1/s1. The molecule has 0 aliphatic heterocycles. The Morgan fingerprint density at radius 2 is 2.00 bits per heavy atom. The zero-order valence-corrected chi connectivity index (χ0v) is 7.57. The third-order valence-electron chi connectivity index (χ3n) is 2.60. The van der Waals surface area contributed by atoms with Crippen molar-refractivity contribution in [2.45, 2.75) is 40.5 Å². The van der Waals surface area contributed by atoms with E-state index in [0.717, 1.165) is 11.8 Å². The smallest absolute Gasteiger partial charge is 0.0223 e. The molecule has 0 fully saturated rings. The van der Waals surface area contributed by atoms with Gasteiger partial charge in [0.05, 0.1) is 0 Å². The zero-order chi connectivity index (χ0) is 7.72. The van der Waals surface area contributed by atoms with Crippen molar-refractivity contribution < 1.29 is 0 Å². The number of hydrogen-bond acceptors (Lipinski definition) is 0. The van der Waals surface area contributed by atoms with E-state index < -0.39 is 0 Å². The molecule has 0 saturated heterocycles. The zero-order valence-electron chi connectivity index (χ0n) is 7.57. The summed E-state index contributed by atoms with van der Waals surface area (Å²) in [5.74, 6) is 1.64. The average molecular weight is 138 g/mol. The third kappa shape index (κ3) is 1.25. The highest BCUT2D eigenvalue weighted by atomic mass is 14.3. The Balaban J connectivity index is 2.78. The summed E-state index contributed by atoms with van der Waals surface area (Å²) in [5, 5.41) is 0. The van der Waals surface area contributed by atoms with Gasteiger partial charge in [-0.25, -0.2) is 0 Å². The topological polar surface area (TPSA) is 0 Å². The van der Waals surface area contributed by atoms with Crippen molar-refractivity contribution >= 4 is 0 Å². The fraction of sp³-hybridized carbons (Fsp3) is 0.800. The van der Waals surface area contributed by atoms with E-state index in [9.17, 15) is 0 Å². The van der Waals surface area contributed by atoms with Crippen LogP contribution in [0.3, 0.4) is 0 Å². The SMILES string of the molecule is CC1=C(C(C)C)[C@H](C)CC1. The molecule has 1 aliphatic rings. The average Bonchev–Trinajstić information content (AvgIpc) is 2.11. The molecule has 0 aromatic heterocycles. The molecule has 0 aromatic rings. The van der Waals surface area contributed by atoms with Crippen molar-refractivity contribution in [3.63, 3.8) is 0 Å².